The van der Waals surface area contributed by atoms with Gasteiger partial charge < -0.3 is 10.0 Å². The smallest absolute Gasteiger partial charge is 0.255 e. The van der Waals surface area contributed by atoms with Crippen molar-refractivity contribution in [1.82, 2.24) is 9.88 Å². The van der Waals surface area contributed by atoms with Crippen molar-refractivity contribution in [1.29, 1.82) is 0 Å². The lowest BCUT2D eigenvalue weighted by Crippen LogP contribution is -2.22. The SMILES string of the molecule is Cc1cc(O)c(Cl)cc1-c1ncccc1C(=O)N(C)C. The molecule has 2 rings (SSSR count). The Kier molecular flexibility index (Phi) is 3.95. The maximum absolute atomic E-state index is 12.2. The molecule has 1 N–H and O–H groups in total. The fraction of sp³-hybridized carbons (Fsp3) is 0.200. The molecule has 104 valence electrons. The molecule has 1 aromatic heterocycles. The van der Waals surface area contributed by atoms with E-state index in [9.17, 15) is 9.90 Å². The van der Waals surface area contributed by atoms with Gasteiger partial charge in [0.1, 0.15) is 5.75 Å². The number of nitrogens with zero attached hydrogens (tertiary/aromatic N) is 2. The van der Waals surface area contributed by atoms with Crippen molar-refractivity contribution in [3.63, 3.8) is 0 Å². The molecule has 5 heteroatoms. The van der Waals surface area contributed by atoms with Crippen LogP contribution in [0.5, 0.6) is 5.75 Å². The highest BCUT2D eigenvalue weighted by molar-refractivity contribution is 6.32. The van der Waals surface area contributed by atoms with E-state index in [0.29, 0.717) is 11.3 Å². The molecule has 2 aromatic rings. The zero-order chi connectivity index (χ0) is 14.9. The summed E-state index contributed by atoms with van der Waals surface area (Å²) in [5, 5.41) is 9.85. The Hall–Kier alpha value is -2.07. The highest BCUT2D eigenvalue weighted by atomic mass is 35.5. The summed E-state index contributed by atoms with van der Waals surface area (Å²) >= 11 is 5.96. The number of benzene rings is 1. The number of carbonyl (C=O) groups excluding carboxylic acids is 1. The maximum atomic E-state index is 12.2. The van der Waals surface area contributed by atoms with E-state index in [-0.39, 0.29) is 16.7 Å². The minimum Gasteiger partial charge on any atom is -0.506 e. The first kappa shape index (κ1) is 14.3. The summed E-state index contributed by atoms with van der Waals surface area (Å²) in [6, 6.07) is 6.64. The van der Waals surface area contributed by atoms with Gasteiger partial charge in [-0.2, -0.15) is 0 Å². The lowest BCUT2D eigenvalue weighted by atomic mass is 10.00. The van der Waals surface area contributed by atoms with Gasteiger partial charge in [0.2, 0.25) is 0 Å². The summed E-state index contributed by atoms with van der Waals surface area (Å²) in [6.45, 7) is 1.84. The van der Waals surface area contributed by atoms with Gasteiger partial charge in [-0.25, -0.2) is 0 Å². The van der Waals surface area contributed by atoms with E-state index < -0.39 is 0 Å². The van der Waals surface area contributed by atoms with Crippen LogP contribution in [-0.4, -0.2) is 35.0 Å². The summed E-state index contributed by atoms with van der Waals surface area (Å²) in [6.07, 6.45) is 1.63. The predicted octanol–water partition coefficient (Wildman–Crippen LogP) is 3.12. The molecule has 0 atom stereocenters. The maximum Gasteiger partial charge on any atom is 0.255 e. The van der Waals surface area contributed by atoms with Crippen LogP contribution in [0.1, 0.15) is 15.9 Å². The van der Waals surface area contributed by atoms with E-state index in [1.807, 2.05) is 6.92 Å². The van der Waals surface area contributed by atoms with Gasteiger partial charge >= 0.3 is 0 Å². The Morgan fingerprint density at radius 1 is 1.35 bits per heavy atom. The van der Waals surface area contributed by atoms with E-state index in [0.717, 1.165) is 11.1 Å². The van der Waals surface area contributed by atoms with Crippen molar-refractivity contribution >= 4 is 17.5 Å². The first-order valence-corrected chi connectivity index (χ1v) is 6.45. The van der Waals surface area contributed by atoms with Crippen molar-refractivity contribution in [2.75, 3.05) is 14.1 Å². The summed E-state index contributed by atoms with van der Waals surface area (Å²) in [5.41, 5.74) is 2.60. The summed E-state index contributed by atoms with van der Waals surface area (Å²) < 4.78 is 0. The van der Waals surface area contributed by atoms with Crippen LogP contribution in [0.4, 0.5) is 0 Å². The molecule has 0 aliphatic rings. The van der Waals surface area contributed by atoms with Crippen molar-refractivity contribution in [2.45, 2.75) is 6.92 Å². The molecule has 1 aromatic carbocycles. The molecule has 0 saturated heterocycles. The molecule has 0 saturated carbocycles. The number of halogens is 1. The number of phenols is 1. The number of phenolic OH excluding ortho intramolecular Hbond substituents is 1. The number of pyridine rings is 1. The van der Waals surface area contributed by atoms with Crippen molar-refractivity contribution in [3.8, 4) is 17.0 Å². The molecule has 0 fully saturated rings. The van der Waals surface area contributed by atoms with E-state index in [1.165, 1.54) is 4.90 Å². The summed E-state index contributed by atoms with van der Waals surface area (Å²) in [4.78, 5) is 18.0. The monoisotopic (exact) mass is 290 g/mol. The number of amides is 1. The van der Waals surface area contributed by atoms with Crippen molar-refractivity contribution in [2.24, 2.45) is 0 Å². The third-order valence-corrected chi connectivity index (χ3v) is 3.30. The van der Waals surface area contributed by atoms with Crippen LogP contribution in [0.3, 0.4) is 0 Å². The number of aryl methyl sites for hydroxylation is 1. The molecule has 0 aliphatic heterocycles. The number of hydrogen-bond donors (Lipinski definition) is 1. The average molecular weight is 291 g/mol. The topological polar surface area (TPSA) is 53.4 Å². The minimum absolute atomic E-state index is 0.0179. The fourth-order valence-corrected chi connectivity index (χ4v) is 2.12. The summed E-state index contributed by atoms with van der Waals surface area (Å²) in [5.74, 6) is -0.110. The highest BCUT2D eigenvalue weighted by Gasteiger charge is 2.17. The molecule has 0 spiro atoms. The van der Waals surface area contributed by atoms with E-state index in [4.69, 9.17) is 11.6 Å². The van der Waals surface area contributed by atoms with Gasteiger partial charge in [-0.15, -0.1) is 0 Å². The second-order valence-corrected chi connectivity index (χ2v) is 5.12. The van der Waals surface area contributed by atoms with Crippen LogP contribution in [0.2, 0.25) is 5.02 Å². The van der Waals surface area contributed by atoms with E-state index >= 15 is 0 Å². The molecule has 1 amide bonds. The van der Waals surface area contributed by atoms with Crippen LogP contribution < -0.4 is 0 Å². The normalized spacial score (nSPS) is 10.4. The Labute approximate surface area is 122 Å². The third-order valence-electron chi connectivity index (χ3n) is 2.99. The molecule has 0 bridgehead atoms. The Morgan fingerprint density at radius 2 is 2.05 bits per heavy atom. The number of carbonyl (C=O) groups is 1. The van der Waals surface area contributed by atoms with Crippen molar-refractivity contribution in [3.05, 3.63) is 46.6 Å². The first-order chi connectivity index (χ1) is 9.41. The molecular weight excluding hydrogens is 276 g/mol. The fourth-order valence-electron chi connectivity index (χ4n) is 1.95. The molecule has 0 aliphatic carbocycles. The predicted molar refractivity (Wildman–Crippen MR) is 79.1 cm³/mol. The molecule has 1 heterocycles. The van der Waals surface area contributed by atoms with Crippen LogP contribution in [0.15, 0.2) is 30.5 Å². The zero-order valence-electron chi connectivity index (χ0n) is 11.5. The minimum atomic E-state index is -0.128. The van der Waals surface area contributed by atoms with Crippen molar-refractivity contribution < 1.29 is 9.90 Å². The second kappa shape index (κ2) is 5.51. The lowest BCUT2D eigenvalue weighted by molar-refractivity contribution is 0.0828. The number of aromatic nitrogens is 1. The van der Waals surface area contributed by atoms with Gasteiger partial charge in [0, 0.05) is 25.9 Å². The Balaban J connectivity index is 2.65. The Morgan fingerprint density at radius 3 is 2.70 bits per heavy atom. The molecule has 0 radical (unpaired) electrons. The zero-order valence-corrected chi connectivity index (χ0v) is 12.3. The first-order valence-electron chi connectivity index (χ1n) is 6.08. The van der Waals surface area contributed by atoms with E-state index in [1.54, 1.807) is 44.6 Å². The quantitative estimate of drug-likeness (QED) is 0.924. The van der Waals surface area contributed by atoms with Gasteiger partial charge in [-0.3, -0.25) is 9.78 Å². The van der Waals surface area contributed by atoms with Crippen LogP contribution in [-0.2, 0) is 0 Å². The molecule has 0 unspecified atom stereocenters. The van der Waals surface area contributed by atoms with Crippen LogP contribution in [0, 0.1) is 6.92 Å². The number of hydrogen-bond acceptors (Lipinski definition) is 3. The highest BCUT2D eigenvalue weighted by Crippen LogP contribution is 2.33. The van der Waals surface area contributed by atoms with E-state index in [2.05, 4.69) is 4.98 Å². The summed E-state index contributed by atoms with van der Waals surface area (Å²) in [7, 11) is 3.38. The lowest BCUT2D eigenvalue weighted by Gasteiger charge is -2.15. The van der Waals surface area contributed by atoms with Crippen LogP contribution >= 0.6 is 11.6 Å². The third kappa shape index (κ3) is 2.60. The van der Waals surface area contributed by atoms with Gasteiger partial charge in [0.05, 0.1) is 16.3 Å². The largest absolute Gasteiger partial charge is 0.506 e. The standard InChI is InChI=1S/C15H15ClN2O2/c1-9-7-13(19)12(16)8-11(9)14-10(5-4-6-17-14)15(20)18(2)3/h4-8,19H,1-3H3. The Bertz CT molecular complexity index is 669. The number of rotatable bonds is 2. The molecular formula is C15H15ClN2O2. The van der Waals surface area contributed by atoms with Gasteiger partial charge in [-0.1, -0.05) is 11.6 Å². The van der Waals surface area contributed by atoms with Gasteiger partial charge in [-0.05, 0) is 36.8 Å². The molecule has 4 nitrogen and oxygen atoms in total. The average Bonchev–Trinajstić information content (AvgIpc) is 2.42. The molecule has 20 heavy (non-hydrogen) atoms. The number of aromatic hydroxyl groups is 1. The van der Waals surface area contributed by atoms with Gasteiger partial charge in [0.15, 0.2) is 0 Å². The second-order valence-electron chi connectivity index (χ2n) is 4.72. The van der Waals surface area contributed by atoms with Crippen LogP contribution in [0.25, 0.3) is 11.3 Å². The van der Waals surface area contributed by atoms with Gasteiger partial charge in [0.25, 0.3) is 5.91 Å².